The number of rotatable bonds is 2. The molecule has 1 atom stereocenters. The Morgan fingerprint density at radius 3 is 2.69 bits per heavy atom. The van der Waals surface area contributed by atoms with E-state index in [0.29, 0.717) is 11.4 Å². The number of para-hydroxylation sites is 2. The number of nitriles is 1. The van der Waals surface area contributed by atoms with Crippen LogP contribution in [0, 0.1) is 11.3 Å². The first-order valence-corrected chi connectivity index (χ1v) is 5.57. The Bertz CT molecular complexity index is 561. The molecule has 0 saturated carbocycles. The zero-order valence-electron chi connectivity index (χ0n) is 8.88. The van der Waals surface area contributed by atoms with Crippen LogP contribution in [0.15, 0.2) is 30.5 Å². The molecule has 0 bridgehead atoms. The fourth-order valence-electron chi connectivity index (χ4n) is 1.40. The second-order valence-electron chi connectivity index (χ2n) is 3.85. The summed E-state index contributed by atoms with van der Waals surface area (Å²) in [6, 6.07) is 9.84. The van der Waals surface area contributed by atoms with Crippen LogP contribution in [0.2, 0.25) is 0 Å². The molecule has 0 spiro atoms. The molecule has 0 saturated heterocycles. The van der Waals surface area contributed by atoms with Crippen LogP contribution in [-0.4, -0.2) is 15.7 Å². The van der Waals surface area contributed by atoms with Gasteiger partial charge in [0.15, 0.2) is 0 Å². The van der Waals surface area contributed by atoms with Crippen LogP contribution in [-0.2, 0) is 5.41 Å². The van der Waals surface area contributed by atoms with Crippen LogP contribution in [0.25, 0.3) is 11.0 Å². The minimum absolute atomic E-state index is 0.427. The maximum Gasteiger partial charge on any atom is 0.107 e. The first-order valence-electron chi connectivity index (χ1n) is 4.94. The van der Waals surface area contributed by atoms with Gasteiger partial charge < -0.3 is 0 Å². The molecule has 0 aliphatic carbocycles. The van der Waals surface area contributed by atoms with Crippen molar-refractivity contribution in [3.63, 3.8) is 0 Å². The van der Waals surface area contributed by atoms with Crippen LogP contribution in [0.4, 0.5) is 0 Å². The van der Waals surface area contributed by atoms with Gasteiger partial charge in [0.25, 0.3) is 0 Å². The summed E-state index contributed by atoms with van der Waals surface area (Å²) in [5.41, 5.74) is 1.64. The van der Waals surface area contributed by atoms with Gasteiger partial charge in [0, 0.05) is 5.75 Å². The van der Waals surface area contributed by atoms with Crippen molar-refractivity contribution < 1.29 is 0 Å². The average molecular weight is 229 g/mol. The fourth-order valence-corrected chi connectivity index (χ4v) is 1.63. The predicted octanol–water partition coefficient (Wildman–Crippen LogP) is 2.34. The zero-order valence-corrected chi connectivity index (χ0v) is 9.78. The van der Waals surface area contributed by atoms with Gasteiger partial charge in [-0.3, -0.25) is 4.98 Å². The van der Waals surface area contributed by atoms with Crippen LogP contribution < -0.4 is 0 Å². The van der Waals surface area contributed by atoms with E-state index in [0.717, 1.165) is 11.0 Å². The van der Waals surface area contributed by atoms with E-state index in [4.69, 9.17) is 5.26 Å². The van der Waals surface area contributed by atoms with Gasteiger partial charge in [-0.15, -0.1) is 0 Å². The van der Waals surface area contributed by atoms with Gasteiger partial charge in [0.05, 0.1) is 29.0 Å². The largest absolute Gasteiger partial charge is 0.253 e. The average Bonchev–Trinajstić information content (AvgIpc) is 2.37. The van der Waals surface area contributed by atoms with E-state index in [1.807, 2.05) is 31.2 Å². The quantitative estimate of drug-likeness (QED) is 0.804. The summed E-state index contributed by atoms with van der Waals surface area (Å²) in [7, 11) is 0. The van der Waals surface area contributed by atoms with E-state index in [-0.39, 0.29) is 0 Å². The smallest absolute Gasteiger partial charge is 0.107 e. The van der Waals surface area contributed by atoms with Gasteiger partial charge in [-0.25, -0.2) is 4.98 Å². The number of aromatic nitrogens is 2. The lowest BCUT2D eigenvalue weighted by Gasteiger charge is -2.17. The molecule has 0 aliphatic rings. The van der Waals surface area contributed by atoms with Crippen molar-refractivity contribution in [2.75, 3.05) is 5.75 Å². The Morgan fingerprint density at radius 1 is 1.38 bits per heavy atom. The van der Waals surface area contributed by atoms with Crippen molar-refractivity contribution in [2.24, 2.45) is 0 Å². The molecule has 1 unspecified atom stereocenters. The molecule has 2 rings (SSSR count). The summed E-state index contributed by atoms with van der Waals surface area (Å²) in [5, 5.41) is 9.14. The molecule has 2 aromatic rings. The monoisotopic (exact) mass is 229 g/mol. The first kappa shape index (κ1) is 10.9. The van der Waals surface area contributed by atoms with Crippen LogP contribution in [0.1, 0.15) is 12.6 Å². The van der Waals surface area contributed by atoms with Crippen molar-refractivity contribution in [1.82, 2.24) is 9.97 Å². The lowest BCUT2D eigenvalue weighted by atomic mass is 9.91. The molecule has 80 valence electrons. The SMILES string of the molecule is CC(C#N)(CS)c1cnc2ccccc2n1. The maximum atomic E-state index is 9.14. The number of benzene rings is 1. The van der Waals surface area contributed by atoms with Gasteiger partial charge in [-0.1, -0.05) is 12.1 Å². The molecule has 0 aliphatic heterocycles. The van der Waals surface area contributed by atoms with Crippen LogP contribution in [0.5, 0.6) is 0 Å². The van der Waals surface area contributed by atoms with Crippen molar-refractivity contribution in [3.8, 4) is 6.07 Å². The molecular formula is C12H11N3S. The van der Waals surface area contributed by atoms with E-state index >= 15 is 0 Å². The van der Waals surface area contributed by atoms with Crippen molar-refractivity contribution >= 4 is 23.7 Å². The predicted molar refractivity (Wildman–Crippen MR) is 66.4 cm³/mol. The zero-order chi connectivity index (χ0) is 11.6. The Hall–Kier alpha value is -1.60. The number of fused-ring (bicyclic) bond motifs is 1. The highest BCUT2D eigenvalue weighted by molar-refractivity contribution is 7.80. The van der Waals surface area contributed by atoms with E-state index < -0.39 is 5.41 Å². The Kier molecular flexibility index (Phi) is 2.80. The molecule has 0 fully saturated rings. The minimum atomic E-state index is -0.680. The van der Waals surface area contributed by atoms with Crippen LogP contribution >= 0.6 is 12.6 Å². The van der Waals surface area contributed by atoms with Gasteiger partial charge >= 0.3 is 0 Å². The lowest BCUT2D eigenvalue weighted by molar-refractivity contribution is 0.673. The highest BCUT2D eigenvalue weighted by Crippen LogP contribution is 2.23. The molecule has 1 aromatic carbocycles. The molecule has 4 heteroatoms. The van der Waals surface area contributed by atoms with Gasteiger partial charge in [0.1, 0.15) is 5.41 Å². The summed E-state index contributed by atoms with van der Waals surface area (Å²) in [4.78, 5) is 8.75. The molecular weight excluding hydrogens is 218 g/mol. The fraction of sp³-hybridized carbons (Fsp3) is 0.250. The van der Waals surface area contributed by atoms with E-state index in [1.165, 1.54) is 0 Å². The molecule has 1 aromatic heterocycles. The summed E-state index contributed by atoms with van der Waals surface area (Å²) in [6.45, 7) is 1.82. The molecule has 0 amide bonds. The highest BCUT2D eigenvalue weighted by atomic mass is 32.1. The number of thiol groups is 1. The summed E-state index contributed by atoms with van der Waals surface area (Å²) in [6.07, 6.45) is 1.65. The van der Waals surface area contributed by atoms with Crippen molar-refractivity contribution in [1.29, 1.82) is 5.26 Å². The third kappa shape index (κ3) is 1.74. The number of hydrogen-bond acceptors (Lipinski definition) is 4. The molecule has 0 radical (unpaired) electrons. The Balaban J connectivity index is 2.60. The van der Waals surface area contributed by atoms with Crippen molar-refractivity contribution in [2.45, 2.75) is 12.3 Å². The third-order valence-electron chi connectivity index (χ3n) is 2.58. The van der Waals surface area contributed by atoms with E-state index in [1.54, 1.807) is 6.20 Å². The summed E-state index contributed by atoms with van der Waals surface area (Å²) >= 11 is 4.20. The summed E-state index contributed by atoms with van der Waals surface area (Å²) < 4.78 is 0. The van der Waals surface area contributed by atoms with Gasteiger partial charge in [-0.2, -0.15) is 17.9 Å². The molecule has 3 nitrogen and oxygen atoms in total. The van der Waals surface area contributed by atoms with Crippen molar-refractivity contribution in [3.05, 3.63) is 36.2 Å². The number of nitrogens with zero attached hydrogens (tertiary/aromatic N) is 3. The molecule has 16 heavy (non-hydrogen) atoms. The van der Waals surface area contributed by atoms with Gasteiger partial charge in [0.2, 0.25) is 0 Å². The second-order valence-corrected chi connectivity index (χ2v) is 4.16. The Morgan fingerprint density at radius 2 is 2.06 bits per heavy atom. The van der Waals surface area contributed by atoms with E-state index in [2.05, 4.69) is 28.7 Å². The van der Waals surface area contributed by atoms with Crippen LogP contribution in [0.3, 0.4) is 0 Å². The second kappa shape index (κ2) is 4.11. The number of hydrogen-bond donors (Lipinski definition) is 1. The Labute approximate surface area is 99.6 Å². The normalized spacial score (nSPS) is 14.3. The highest BCUT2D eigenvalue weighted by Gasteiger charge is 2.26. The van der Waals surface area contributed by atoms with E-state index in [9.17, 15) is 0 Å². The minimum Gasteiger partial charge on any atom is -0.253 e. The topological polar surface area (TPSA) is 49.6 Å². The maximum absolute atomic E-state index is 9.14. The first-order chi connectivity index (χ1) is 7.69. The molecule has 0 N–H and O–H groups in total. The summed E-state index contributed by atoms with van der Waals surface area (Å²) in [5.74, 6) is 0.427. The third-order valence-corrected chi connectivity index (χ3v) is 3.21. The lowest BCUT2D eigenvalue weighted by Crippen LogP contribution is -2.23. The van der Waals surface area contributed by atoms with Gasteiger partial charge in [-0.05, 0) is 19.1 Å². The molecule has 1 heterocycles. The standard InChI is InChI=1S/C12H11N3S/c1-12(7-13,8-16)11-6-14-9-4-2-3-5-10(9)15-11/h2-6,16H,8H2,1H3.